The van der Waals surface area contributed by atoms with E-state index < -0.39 is 18.0 Å². The molecule has 0 amide bonds. The zero-order valence-corrected chi connectivity index (χ0v) is 20.1. The second-order valence-corrected chi connectivity index (χ2v) is 10.4. The fourth-order valence-electron chi connectivity index (χ4n) is 5.61. The van der Waals surface area contributed by atoms with Crippen molar-refractivity contribution in [1.29, 1.82) is 0 Å². The molecule has 5 rings (SSSR count). The first kappa shape index (κ1) is 23.4. The Hall–Kier alpha value is -2.34. The van der Waals surface area contributed by atoms with Gasteiger partial charge in [-0.05, 0) is 52.9 Å². The van der Waals surface area contributed by atoms with Crippen LogP contribution in [-0.2, 0) is 19.0 Å². The lowest BCUT2D eigenvalue weighted by Gasteiger charge is -2.46. The number of nitrogens with two attached hydrogens (primary N) is 1. The van der Waals surface area contributed by atoms with E-state index in [0.717, 1.165) is 19.3 Å². The Morgan fingerprint density at radius 3 is 2.71 bits per heavy atom. The molecule has 34 heavy (non-hydrogen) atoms. The van der Waals surface area contributed by atoms with Gasteiger partial charge in [-0.1, -0.05) is 0 Å². The van der Waals surface area contributed by atoms with E-state index in [1.165, 1.54) is 6.33 Å². The zero-order valence-electron chi connectivity index (χ0n) is 20.1. The first-order chi connectivity index (χ1) is 16.1. The average molecular weight is 475 g/mol. The summed E-state index contributed by atoms with van der Waals surface area (Å²) in [5, 5.41) is 8.97. The van der Waals surface area contributed by atoms with Crippen molar-refractivity contribution >= 4 is 23.0 Å². The number of aromatic nitrogens is 4. The molecule has 1 saturated carbocycles. The second kappa shape index (κ2) is 8.71. The smallest absolute Gasteiger partial charge is 0.303 e. The number of ether oxygens (including phenoxy) is 3. The van der Waals surface area contributed by atoms with Crippen molar-refractivity contribution in [3.05, 3.63) is 12.7 Å². The highest BCUT2D eigenvalue weighted by Gasteiger charge is 2.56. The van der Waals surface area contributed by atoms with Gasteiger partial charge in [0.15, 0.2) is 23.5 Å². The Balaban J connectivity index is 1.34. The predicted octanol–water partition coefficient (Wildman–Crippen LogP) is 2.18. The van der Waals surface area contributed by atoms with E-state index >= 15 is 0 Å². The fourth-order valence-corrected chi connectivity index (χ4v) is 5.61. The average Bonchev–Trinajstić information content (AvgIpc) is 3.37. The van der Waals surface area contributed by atoms with Gasteiger partial charge in [0.25, 0.3) is 0 Å². The summed E-state index contributed by atoms with van der Waals surface area (Å²) < 4.78 is 21.0. The van der Waals surface area contributed by atoms with Crippen LogP contribution in [0.3, 0.4) is 0 Å². The topological polar surface area (TPSA) is 138 Å². The molecule has 0 aromatic carbocycles. The molecule has 186 valence electrons. The molecule has 2 aliphatic heterocycles. The molecular weight excluding hydrogens is 440 g/mol. The highest BCUT2D eigenvalue weighted by Crippen LogP contribution is 2.45. The van der Waals surface area contributed by atoms with E-state index in [1.807, 2.05) is 18.4 Å². The number of imidazole rings is 1. The predicted molar refractivity (Wildman–Crippen MR) is 123 cm³/mol. The molecule has 0 spiro atoms. The van der Waals surface area contributed by atoms with Gasteiger partial charge in [-0.25, -0.2) is 15.0 Å². The molecule has 0 radical (unpaired) electrons. The van der Waals surface area contributed by atoms with Gasteiger partial charge in [-0.15, -0.1) is 0 Å². The number of aliphatic carboxylic acids is 1. The molecule has 2 saturated heterocycles. The van der Waals surface area contributed by atoms with Crippen LogP contribution in [0.5, 0.6) is 0 Å². The van der Waals surface area contributed by atoms with Crippen molar-refractivity contribution in [2.45, 2.75) is 95.8 Å². The minimum atomic E-state index is -0.722. The van der Waals surface area contributed by atoms with Gasteiger partial charge in [0.05, 0.1) is 6.33 Å². The van der Waals surface area contributed by atoms with Gasteiger partial charge in [0.2, 0.25) is 0 Å². The molecule has 11 nitrogen and oxygen atoms in total. The van der Waals surface area contributed by atoms with Gasteiger partial charge in [0, 0.05) is 25.0 Å². The molecule has 1 unspecified atom stereocenters. The van der Waals surface area contributed by atoms with Crippen molar-refractivity contribution in [3.8, 4) is 0 Å². The minimum Gasteiger partial charge on any atom is -0.481 e. The van der Waals surface area contributed by atoms with Crippen molar-refractivity contribution in [1.82, 2.24) is 24.4 Å². The lowest BCUT2D eigenvalue weighted by molar-refractivity contribution is -0.199. The maximum absolute atomic E-state index is 10.9. The van der Waals surface area contributed by atoms with Gasteiger partial charge in [0.1, 0.15) is 30.2 Å². The van der Waals surface area contributed by atoms with Crippen LogP contribution in [0.1, 0.15) is 59.6 Å². The van der Waals surface area contributed by atoms with Crippen LogP contribution < -0.4 is 5.73 Å². The van der Waals surface area contributed by atoms with E-state index in [9.17, 15) is 4.79 Å². The third-order valence-electron chi connectivity index (χ3n) is 7.29. The summed E-state index contributed by atoms with van der Waals surface area (Å²) in [6.45, 7) is 8.92. The number of hydrogen-bond acceptors (Lipinski definition) is 9. The van der Waals surface area contributed by atoms with Crippen LogP contribution in [0.2, 0.25) is 0 Å². The van der Waals surface area contributed by atoms with Crippen LogP contribution >= 0.6 is 0 Å². The monoisotopic (exact) mass is 474 g/mol. The Kier molecular flexibility index (Phi) is 5.99. The third kappa shape index (κ3) is 4.26. The van der Waals surface area contributed by atoms with E-state index in [0.29, 0.717) is 41.5 Å². The standard InChI is InChI=1S/C23H34N6O5/c1-12(2)28(14-7-13(8-14)5-6-16(30)31)9-15-18-19(34-23(3,4)33-18)22(32-15)29-11-27-17-20(24)25-10-26-21(17)29/h10-15,18-19,22H,5-9H2,1-4H3,(H,30,31)(H2,24,25,26)/t13?,14?,15-,18-,19-,22?/m1/s1. The number of rotatable bonds is 8. The van der Waals surface area contributed by atoms with Crippen molar-refractivity contribution in [2.24, 2.45) is 5.92 Å². The molecule has 11 heteroatoms. The lowest BCUT2D eigenvalue weighted by Crippen LogP contribution is -2.52. The molecule has 2 aromatic heterocycles. The van der Waals surface area contributed by atoms with E-state index in [1.54, 1.807) is 6.33 Å². The van der Waals surface area contributed by atoms with Gasteiger partial charge >= 0.3 is 5.97 Å². The van der Waals surface area contributed by atoms with Crippen LogP contribution in [-0.4, -0.2) is 78.2 Å². The summed E-state index contributed by atoms with van der Waals surface area (Å²) in [6, 6.07) is 0.736. The van der Waals surface area contributed by atoms with E-state index in [-0.39, 0.29) is 24.7 Å². The Bertz CT molecular complexity index is 1050. The lowest BCUT2D eigenvalue weighted by atomic mass is 9.76. The van der Waals surface area contributed by atoms with Crippen molar-refractivity contribution < 1.29 is 24.1 Å². The van der Waals surface area contributed by atoms with E-state index in [4.69, 9.17) is 25.1 Å². The summed E-state index contributed by atoms with van der Waals surface area (Å²) in [6.07, 6.45) is 4.91. The number of carboxylic acids is 1. The zero-order chi connectivity index (χ0) is 24.2. The molecule has 3 fully saturated rings. The Morgan fingerprint density at radius 1 is 1.26 bits per heavy atom. The minimum absolute atomic E-state index is 0.200. The van der Waals surface area contributed by atoms with Gasteiger partial charge in [-0.3, -0.25) is 14.3 Å². The number of carboxylic acid groups (broad SMARTS) is 1. The Labute approximate surface area is 198 Å². The largest absolute Gasteiger partial charge is 0.481 e. The Morgan fingerprint density at radius 2 is 2.00 bits per heavy atom. The third-order valence-corrected chi connectivity index (χ3v) is 7.29. The number of hydrogen-bond donors (Lipinski definition) is 2. The molecule has 1 aliphatic carbocycles. The summed E-state index contributed by atoms with van der Waals surface area (Å²) in [5.41, 5.74) is 7.13. The summed E-state index contributed by atoms with van der Waals surface area (Å²) >= 11 is 0. The van der Waals surface area contributed by atoms with Crippen LogP contribution in [0.25, 0.3) is 11.2 Å². The quantitative estimate of drug-likeness (QED) is 0.585. The van der Waals surface area contributed by atoms with Crippen molar-refractivity contribution in [3.63, 3.8) is 0 Å². The van der Waals surface area contributed by atoms with Crippen molar-refractivity contribution in [2.75, 3.05) is 12.3 Å². The van der Waals surface area contributed by atoms with E-state index in [2.05, 4.69) is 33.7 Å². The highest BCUT2D eigenvalue weighted by atomic mass is 16.8. The molecule has 0 bridgehead atoms. The first-order valence-electron chi connectivity index (χ1n) is 12.0. The highest BCUT2D eigenvalue weighted by molar-refractivity contribution is 5.81. The number of anilines is 1. The summed E-state index contributed by atoms with van der Waals surface area (Å²) in [5.74, 6) is -0.645. The molecule has 3 aliphatic rings. The number of nitrogen functional groups attached to an aromatic ring is 1. The van der Waals surface area contributed by atoms with Crippen LogP contribution in [0.15, 0.2) is 12.7 Å². The summed E-state index contributed by atoms with van der Waals surface area (Å²) in [4.78, 5) is 26.2. The molecule has 4 heterocycles. The summed E-state index contributed by atoms with van der Waals surface area (Å²) in [7, 11) is 0. The first-order valence-corrected chi connectivity index (χ1v) is 12.0. The fraction of sp³-hybridized carbons (Fsp3) is 0.739. The van der Waals surface area contributed by atoms with Gasteiger partial charge < -0.3 is 25.1 Å². The van der Waals surface area contributed by atoms with Crippen LogP contribution in [0.4, 0.5) is 5.82 Å². The number of nitrogens with zero attached hydrogens (tertiary/aromatic N) is 5. The second-order valence-electron chi connectivity index (χ2n) is 10.4. The number of fused-ring (bicyclic) bond motifs is 2. The normalized spacial score (nSPS) is 32.4. The van der Waals surface area contributed by atoms with Crippen LogP contribution in [0, 0.1) is 5.92 Å². The number of carbonyl (C=O) groups is 1. The molecular formula is C23H34N6O5. The maximum Gasteiger partial charge on any atom is 0.303 e. The SMILES string of the molecule is CC(C)N(C[C@H]1OC(n2cnc3c(N)ncnc32)[C@@H]2OC(C)(C)O[C@H]12)C1CC(CCC(=O)O)C1. The molecule has 3 N–H and O–H groups in total. The maximum atomic E-state index is 10.9. The van der Waals surface area contributed by atoms with Gasteiger partial charge in [-0.2, -0.15) is 0 Å². The molecule has 2 aromatic rings. The molecule has 4 atom stereocenters.